The minimum absolute atomic E-state index is 0.659. The van der Waals surface area contributed by atoms with Gasteiger partial charge in [-0.05, 0) is 74.3 Å². The Labute approximate surface area is 280 Å². The van der Waals surface area contributed by atoms with Crippen LogP contribution in [0.25, 0.3) is 38.6 Å². The third-order valence-electron chi connectivity index (χ3n) is 9.44. The van der Waals surface area contributed by atoms with Crippen LogP contribution in [0.1, 0.15) is 11.1 Å². The summed E-state index contributed by atoms with van der Waals surface area (Å²) in [4.78, 5) is 0. The summed E-state index contributed by atoms with van der Waals surface area (Å²) in [6, 6.07) is 66.2. The number of hydrogen-bond acceptors (Lipinski definition) is 2. The molecule has 8 rings (SSSR count). The lowest BCUT2D eigenvalue weighted by atomic mass is 10.1. The first-order valence-electron chi connectivity index (χ1n) is 16.0. The lowest BCUT2D eigenvalue weighted by Gasteiger charge is -2.35. The SMILES string of the molecule is N#Cc1ccc2c(c1)c1ccccc1n2-c1ccc(-c2ccc([Si](c3ccccc3)(c3ccccc3)c3ccccc3C#N)cc2)cc1. The number of nitriles is 2. The van der Waals surface area contributed by atoms with E-state index < -0.39 is 8.07 Å². The van der Waals surface area contributed by atoms with Gasteiger partial charge in [0.25, 0.3) is 0 Å². The van der Waals surface area contributed by atoms with Crippen molar-refractivity contribution in [3.8, 4) is 29.0 Å². The molecule has 0 saturated carbocycles. The van der Waals surface area contributed by atoms with E-state index in [1.54, 1.807) is 0 Å². The molecule has 48 heavy (non-hydrogen) atoms. The zero-order valence-corrected chi connectivity index (χ0v) is 27.1. The van der Waals surface area contributed by atoms with Gasteiger partial charge in [-0.3, -0.25) is 0 Å². The minimum Gasteiger partial charge on any atom is -0.309 e. The van der Waals surface area contributed by atoms with Gasteiger partial charge in [-0.15, -0.1) is 0 Å². The molecule has 0 saturated heterocycles. The lowest BCUT2D eigenvalue weighted by molar-refractivity contribution is 1.18. The summed E-state index contributed by atoms with van der Waals surface area (Å²) in [5, 5.41) is 26.8. The van der Waals surface area contributed by atoms with Gasteiger partial charge in [0.2, 0.25) is 0 Å². The second-order valence-electron chi connectivity index (χ2n) is 12.0. The van der Waals surface area contributed by atoms with Gasteiger partial charge in [0.15, 0.2) is 8.07 Å². The van der Waals surface area contributed by atoms with Crippen molar-refractivity contribution >= 4 is 50.6 Å². The summed E-state index contributed by atoms with van der Waals surface area (Å²) in [6.45, 7) is 0. The Morgan fingerprint density at radius 3 is 1.62 bits per heavy atom. The van der Waals surface area contributed by atoms with Gasteiger partial charge in [-0.25, -0.2) is 0 Å². The van der Waals surface area contributed by atoms with E-state index in [-0.39, 0.29) is 0 Å². The normalized spacial score (nSPS) is 11.3. The summed E-state index contributed by atoms with van der Waals surface area (Å²) in [6.07, 6.45) is 0. The molecule has 0 spiro atoms. The summed E-state index contributed by atoms with van der Waals surface area (Å²) in [5.41, 5.74) is 6.88. The van der Waals surface area contributed by atoms with Crippen LogP contribution in [0.4, 0.5) is 0 Å². The fourth-order valence-corrected chi connectivity index (χ4v) is 12.2. The van der Waals surface area contributed by atoms with Crippen molar-refractivity contribution in [3.05, 3.63) is 187 Å². The maximum absolute atomic E-state index is 10.3. The van der Waals surface area contributed by atoms with Crippen molar-refractivity contribution in [3.63, 3.8) is 0 Å². The predicted octanol–water partition coefficient (Wildman–Crippen LogP) is 7.57. The van der Waals surface area contributed by atoms with E-state index in [9.17, 15) is 10.5 Å². The predicted molar refractivity (Wildman–Crippen MR) is 199 cm³/mol. The quantitative estimate of drug-likeness (QED) is 0.141. The molecule has 0 aliphatic rings. The molecule has 3 nitrogen and oxygen atoms in total. The Morgan fingerprint density at radius 1 is 0.438 bits per heavy atom. The van der Waals surface area contributed by atoms with E-state index in [0.29, 0.717) is 11.1 Å². The molecule has 224 valence electrons. The largest absolute Gasteiger partial charge is 0.309 e. The molecule has 7 aromatic carbocycles. The van der Waals surface area contributed by atoms with Crippen molar-refractivity contribution in [2.24, 2.45) is 0 Å². The van der Waals surface area contributed by atoms with E-state index in [4.69, 9.17) is 0 Å². The molecule has 0 radical (unpaired) electrons. The highest BCUT2D eigenvalue weighted by atomic mass is 28.3. The Hall–Kier alpha value is -6.46. The molecule has 0 atom stereocenters. The summed E-state index contributed by atoms with van der Waals surface area (Å²) < 4.78 is 2.27. The fraction of sp³-hybridized carbons (Fsp3) is 0. The molecule has 4 heteroatoms. The average molecular weight is 628 g/mol. The maximum Gasteiger partial charge on any atom is 0.180 e. The zero-order chi connectivity index (χ0) is 32.5. The van der Waals surface area contributed by atoms with Crippen molar-refractivity contribution in [2.45, 2.75) is 0 Å². The monoisotopic (exact) mass is 627 g/mol. The summed E-state index contributed by atoms with van der Waals surface area (Å²) in [7, 11) is -2.84. The van der Waals surface area contributed by atoms with Crippen LogP contribution in [0.3, 0.4) is 0 Å². The third kappa shape index (κ3) is 4.64. The van der Waals surface area contributed by atoms with E-state index in [0.717, 1.165) is 43.8 Å². The minimum atomic E-state index is -2.84. The molecule has 1 heterocycles. The third-order valence-corrected chi connectivity index (χ3v) is 14.3. The van der Waals surface area contributed by atoms with Crippen LogP contribution < -0.4 is 20.7 Å². The van der Waals surface area contributed by atoms with Gasteiger partial charge < -0.3 is 4.57 Å². The average Bonchev–Trinajstić information content (AvgIpc) is 3.50. The van der Waals surface area contributed by atoms with Crippen molar-refractivity contribution in [1.82, 2.24) is 4.57 Å². The molecule has 0 amide bonds. The van der Waals surface area contributed by atoms with Crippen molar-refractivity contribution in [2.75, 3.05) is 0 Å². The van der Waals surface area contributed by atoms with Crippen LogP contribution in [0, 0.1) is 22.7 Å². The number of hydrogen-bond donors (Lipinski definition) is 0. The fourth-order valence-electron chi connectivity index (χ4n) is 7.29. The van der Waals surface area contributed by atoms with Crippen LogP contribution >= 0.6 is 0 Å². The van der Waals surface area contributed by atoms with E-state index in [2.05, 4.69) is 156 Å². The first-order valence-corrected chi connectivity index (χ1v) is 18.0. The van der Waals surface area contributed by atoms with Gasteiger partial charge in [0.05, 0.1) is 34.3 Å². The van der Waals surface area contributed by atoms with E-state index in [1.165, 1.54) is 15.6 Å². The molecule has 8 aromatic rings. The van der Waals surface area contributed by atoms with Crippen LogP contribution in [0.2, 0.25) is 0 Å². The van der Waals surface area contributed by atoms with Gasteiger partial charge in [-0.2, -0.15) is 10.5 Å². The summed E-state index contributed by atoms with van der Waals surface area (Å²) in [5.74, 6) is 0. The molecule has 0 N–H and O–H groups in total. The molecule has 0 bridgehead atoms. The second-order valence-corrected chi connectivity index (χ2v) is 15.7. The highest BCUT2D eigenvalue weighted by Gasteiger charge is 2.42. The second kappa shape index (κ2) is 12.0. The molecule has 0 aliphatic heterocycles. The van der Waals surface area contributed by atoms with E-state index in [1.807, 2.05) is 36.4 Å². The number of benzene rings is 7. The van der Waals surface area contributed by atoms with Crippen LogP contribution in [0.5, 0.6) is 0 Å². The van der Waals surface area contributed by atoms with Gasteiger partial charge in [-0.1, -0.05) is 133 Å². The van der Waals surface area contributed by atoms with Gasteiger partial charge in [0, 0.05) is 16.5 Å². The van der Waals surface area contributed by atoms with Crippen LogP contribution in [-0.4, -0.2) is 12.6 Å². The molecule has 1 aromatic heterocycles. The topological polar surface area (TPSA) is 52.5 Å². The standard InChI is InChI=1S/C44H29N3Si/c45-30-32-19-28-43-41(29-32)40-16-8-9-17-42(40)47(43)36-24-20-33(21-25-36)34-22-26-39(27-23-34)48(37-12-3-1-4-13-37,38-14-5-2-6-15-38)44-18-10-7-11-35(44)31-46/h1-29H. The smallest absolute Gasteiger partial charge is 0.180 e. The molecule has 0 fully saturated rings. The Bertz CT molecular complexity index is 2460. The highest BCUT2D eigenvalue weighted by molar-refractivity contribution is 7.20. The van der Waals surface area contributed by atoms with Crippen LogP contribution in [0.15, 0.2) is 176 Å². The van der Waals surface area contributed by atoms with Gasteiger partial charge >= 0.3 is 0 Å². The van der Waals surface area contributed by atoms with Crippen molar-refractivity contribution in [1.29, 1.82) is 10.5 Å². The number of para-hydroxylation sites is 1. The maximum atomic E-state index is 10.3. The summed E-state index contributed by atoms with van der Waals surface area (Å²) >= 11 is 0. The highest BCUT2D eigenvalue weighted by Crippen LogP contribution is 2.33. The molecular formula is C44H29N3Si. The first-order chi connectivity index (χ1) is 23.7. The Kier molecular flexibility index (Phi) is 7.27. The van der Waals surface area contributed by atoms with Crippen LogP contribution in [-0.2, 0) is 0 Å². The van der Waals surface area contributed by atoms with E-state index >= 15 is 0 Å². The number of nitrogens with zero attached hydrogens (tertiary/aromatic N) is 3. The number of aromatic nitrogens is 1. The Morgan fingerprint density at radius 2 is 0.979 bits per heavy atom. The van der Waals surface area contributed by atoms with Gasteiger partial charge in [0.1, 0.15) is 0 Å². The number of fused-ring (bicyclic) bond motifs is 3. The Balaban J connectivity index is 1.25. The first kappa shape index (κ1) is 29.0. The zero-order valence-electron chi connectivity index (χ0n) is 26.1. The lowest BCUT2D eigenvalue weighted by Crippen LogP contribution is -2.75. The molecule has 0 aliphatic carbocycles. The number of rotatable bonds is 6. The van der Waals surface area contributed by atoms with Crippen molar-refractivity contribution < 1.29 is 0 Å². The molecule has 0 unspecified atom stereocenters. The molecular weight excluding hydrogens is 599 g/mol.